The lowest BCUT2D eigenvalue weighted by atomic mass is 10.0. The molecular weight excluding hydrogens is 209 g/mol. The highest BCUT2D eigenvalue weighted by molar-refractivity contribution is 5.72. The topological polar surface area (TPSA) is 63.3 Å². The third kappa shape index (κ3) is 3.82. The number of carboxylic acids is 1. The van der Waals surface area contributed by atoms with Crippen molar-refractivity contribution in [3.05, 3.63) is 41.2 Å². The van der Waals surface area contributed by atoms with Crippen LogP contribution in [0.4, 0.5) is 4.39 Å². The van der Waals surface area contributed by atoms with Gasteiger partial charge in [-0.15, -0.1) is 0 Å². The first-order chi connectivity index (χ1) is 7.63. The van der Waals surface area contributed by atoms with E-state index in [1.807, 2.05) is 0 Å². The second kappa shape index (κ2) is 6.02. The summed E-state index contributed by atoms with van der Waals surface area (Å²) in [5.74, 6) is -1.30. The lowest BCUT2D eigenvalue weighted by Gasteiger charge is -2.03. The zero-order chi connectivity index (χ0) is 12.0. The highest BCUT2D eigenvalue weighted by Gasteiger charge is 2.05. The molecule has 16 heavy (non-hydrogen) atoms. The molecule has 0 amide bonds. The summed E-state index contributed by atoms with van der Waals surface area (Å²) in [6, 6.07) is 4.08. The van der Waals surface area contributed by atoms with Gasteiger partial charge in [0.1, 0.15) is 5.82 Å². The van der Waals surface area contributed by atoms with Gasteiger partial charge < -0.3 is 10.8 Å². The minimum absolute atomic E-state index is 0.109. The van der Waals surface area contributed by atoms with Gasteiger partial charge in [-0.05, 0) is 36.2 Å². The van der Waals surface area contributed by atoms with Gasteiger partial charge in [-0.1, -0.05) is 18.2 Å². The first kappa shape index (κ1) is 12.4. The minimum Gasteiger partial charge on any atom is -0.481 e. The lowest BCUT2D eigenvalue weighted by molar-refractivity contribution is -0.136. The van der Waals surface area contributed by atoms with E-state index in [-0.39, 0.29) is 12.2 Å². The molecule has 0 saturated carbocycles. The Hall–Kier alpha value is -1.68. The monoisotopic (exact) mass is 223 g/mol. The second-order valence-electron chi connectivity index (χ2n) is 3.39. The van der Waals surface area contributed by atoms with E-state index in [1.165, 1.54) is 18.2 Å². The maximum atomic E-state index is 13.0. The molecule has 0 aliphatic carbocycles. The van der Waals surface area contributed by atoms with Gasteiger partial charge >= 0.3 is 5.97 Å². The molecule has 0 atom stereocenters. The zero-order valence-corrected chi connectivity index (χ0v) is 8.82. The molecule has 3 nitrogen and oxygen atoms in total. The number of aliphatic carboxylic acids is 1. The van der Waals surface area contributed by atoms with Gasteiger partial charge in [-0.3, -0.25) is 4.79 Å². The van der Waals surface area contributed by atoms with Crippen molar-refractivity contribution in [3.8, 4) is 0 Å². The number of halogens is 1. The van der Waals surface area contributed by atoms with Crippen molar-refractivity contribution in [1.29, 1.82) is 0 Å². The third-order valence-corrected chi connectivity index (χ3v) is 2.08. The van der Waals surface area contributed by atoms with E-state index in [2.05, 4.69) is 0 Å². The van der Waals surface area contributed by atoms with E-state index >= 15 is 0 Å². The Morgan fingerprint density at radius 3 is 2.88 bits per heavy atom. The number of hydrogen-bond donors (Lipinski definition) is 2. The summed E-state index contributed by atoms with van der Waals surface area (Å²) >= 11 is 0. The second-order valence-corrected chi connectivity index (χ2v) is 3.39. The van der Waals surface area contributed by atoms with Crippen LogP contribution in [-0.4, -0.2) is 17.6 Å². The number of nitrogens with two attached hydrogens (primary N) is 1. The molecule has 0 bridgehead atoms. The van der Waals surface area contributed by atoms with Gasteiger partial charge in [0.05, 0.1) is 6.42 Å². The largest absolute Gasteiger partial charge is 0.481 e. The molecule has 86 valence electrons. The number of carbonyl (C=O) groups is 1. The average molecular weight is 223 g/mol. The van der Waals surface area contributed by atoms with Gasteiger partial charge in [0.15, 0.2) is 0 Å². The summed E-state index contributed by atoms with van der Waals surface area (Å²) in [5.41, 5.74) is 6.51. The van der Waals surface area contributed by atoms with Crippen LogP contribution in [0, 0.1) is 5.82 Å². The molecule has 0 fully saturated rings. The summed E-state index contributed by atoms with van der Waals surface area (Å²) in [6.07, 6.45) is 4.08. The molecule has 0 unspecified atom stereocenters. The predicted octanol–water partition coefficient (Wildman–Crippen LogP) is 1.81. The van der Waals surface area contributed by atoms with E-state index < -0.39 is 5.97 Å². The standard InChI is InChI=1S/C12H14FNO2/c13-11-5-4-10(8-12(15)16)9(7-11)3-1-2-6-14/h1,3-5,7H,2,6,8,14H2,(H,15,16). The number of benzene rings is 1. The van der Waals surface area contributed by atoms with E-state index in [0.717, 1.165) is 0 Å². The Morgan fingerprint density at radius 1 is 1.50 bits per heavy atom. The normalized spacial score (nSPS) is 10.9. The maximum absolute atomic E-state index is 13.0. The SMILES string of the molecule is NCCC=Cc1cc(F)ccc1CC(=O)O. The van der Waals surface area contributed by atoms with Crippen LogP contribution >= 0.6 is 0 Å². The van der Waals surface area contributed by atoms with Crippen LogP contribution in [0.25, 0.3) is 6.08 Å². The van der Waals surface area contributed by atoms with E-state index in [4.69, 9.17) is 10.8 Å². The molecule has 1 rings (SSSR count). The van der Waals surface area contributed by atoms with Crippen LogP contribution in [0.5, 0.6) is 0 Å². The van der Waals surface area contributed by atoms with Crippen molar-refractivity contribution >= 4 is 12.0 Å². The van der Waals surface area contributed by atoms with Gasteiger partial charge in [0.25, 0.3) is 0 Å². The van der Waals surface area contributed by atoms with Crippen LogP contribution in [-0.2, 0) is 11.2 Å². The molecule has 0 saturated heterocycles. The molecular formula is C12H14FNO2. The summed E-state index contributed by atoms with van der Waals surface area (Å²) < 4.78 is 13.0. The van der Waals surface area contributed by atoms with Crippen LogP contribution in [0.3, 0.4) is 0 Å². The molecule has 3 N–H and O–H groups in total. The minimum atomic E-state index is -0.930. The van der Waals surface area contributed by atoms with Gasteiger partial charge in [-0.25, -0.2) is 4.39 Å². The Labute approximate surface area is 93.4 Å². The number of hydrogen-bond acceptors (Lipinski definition) is 2. The fourth-order valence-corrected chi connectivity index (χ4v) is 1.35. The van der Waals surface area contributed by atoms with Crippen LogP contribution < -0.4 is 5.73 Å². The molecule has 1 aromatic rings. The maximum Gasteiger partial charge on any atom is 0.307 e. The Kier molecular flexibility index (Phi) is 4.66. The van der Waals surface area contributed by atoms with Gasteiger partial charge in [0, 0.05) is 0 Å². The van der Waals surface area contributed by atoms with Gasteiger partial charge in [0.2, 0.25) is 0 Å². The molecule has 0 spiro atoms. The molecule has 4 heteroatoms. The van der Waals surface area contributed by atoms with Crippen molar-refractivity contribution in [1.82, 2.24) is 0 Å². The fraction of sp³-hybridized carbons (Fsp3) is 0.250. The summed E-state index contributed by atoms with van der Waals surface area (Å²) in [7, 11) is 0. The van der Waals surface area contributed by atoms with Crippen molar-refractivity contribution < 1.29 is 14.3 Å². The van der Waals surface area contributed by atoms with E-state index in [9.17, 15) is 9.18 Å². The van der Waals surface area contributed by atoms with Crippen molar-refractivity contribution in [3.63, 3.8) is 0 Å². The zero-order valence-electron chi connectivity index (χ0n) is 8.82. The number of rotatable bonds is 5. The molecule has 0 aliphatic heterocycles. The summed E-state index contributed by atoms with van der Waals surface area (Å²) in [5, 5.41) is 8.69. The summed E-state index contributed by atoms with van der Waals surface area (Å²) in [6.45, 7) is 0.514. The van der Waals surface area contributed by atoms with Crippen LogP contribution in [0.1, 0.15) is 17.5 Å². The lowest BCUT2D eigenvalue weighted by Crippen LogP contribution is -2.02. The summed E-state index contributed by atoms with van der Waals surface area (Å²) in [4.78, 5) is 10.6. The van der Waals surface area contributed by atoms with E-state index in [0.29, 0.717) is 24.1 Å². The average Bonchev–Trinajstić information content (AvgIpc) is 2.22. The molecule has 0 radical (unpaired) electrons. The van der Waals surface area contributed by atoms with Crippen molar-refractivity contribution in [2.24, 2.45) is 5.73 Å². The Morgan fingerprint density at radius 2 is 2.25 bits per heavy atom. The van der Waals surface area contributed by atoms with Crippen LogP contribution in [0.15, 0.2) is 24.3 Å². The Balaban J connectivity index is 2.93. The highest BCUT2D eigenvalue weighted by Crippen LogP contribution is 2.14. The first-order valence-corrected chi connectivity index (χ1v) is 5.00. The van der Waals surface area contributed by atoms with E-state index in [1.54, 1.807) is 12.2 Å². The highest BCUT2D eigenvalue weighted by atomic mass is 19.1. The quantitative estimate of drug-likeness (QED) is 0.800. The molecule has 0 aromatic heterocycles. The molecule has 0 heterocycles. The third-order valence-electron chi connectivity index (χ3n) is 2.08. The van der Waals surface area contributed by atoms with Crippen molar-refractivity contribution in [2.45, 2.75) is 12.8 Å². The smallest absolute Gasteiger partial charge is 0.307 e. The fourth-order valence-electron chi connectivity index (χ4n) is 1.35. The first-order valence-electron chi connectivity index (χ1n) is 5.00. The molecule has 1 aromatic carbocycles. The Bertz CT molecular complexity index is 402. The number of carboxylic acid groups (broad SMARTS) is 1. The van der Waals surface area contributed by atoms with Crippen molar-refractivity contribution in [2.75, 3.05) is 6.54 Å². The van der Waals surface area contributed by atoms with Gasteiger partial charge in [-0.2, -0.15) is 0 Å². The van der Waals surface area contributed by atoms with Crippen LogP contribution in [0.2, 0.25) is 0 Å². The molecule has 0 aliphatic rings. The predicted molar refractivity (Wildman–Crippen MR) is 60.4 cm³/mol.